The Bertz CT molecular complexity index is 967. The van der Waals surface area contributed by atoms with Crippen molar-refractivity contribution in [3.63, 3.8) is 0 Å². The molecule has 29 heavy (non-hydrogen) atoms. The third kappa shape index (κ3) is 5.33. The number of anilines is 2. The number of nitro groups is 1. The van der Waals surface area contributed by atoms with Gasteiger partial charge in [0.25, 0.3) is 11.6 Å². The van der Waals surface area contributed by atoms with Crippen LogP contribution < -0.4 is 15.5 Å². The van der Waals surface area contributed by atoms with Gasteiger partial charge in [0.05, 0.1) is 28.8 Å². The lowest BCUT2D eigenvalue weighted by Crippen LogP contribution is -2.37. The number of morpholine rings is 1. The van der Waals surface area contributed by atoms with Crippen molar-refractivity contribution in [3.8, 4) is 0 Å². The zero-order valence-corrected chi connectivity index (χ0v) is 17.3. The zero-order chi connectivity index (χ0) is 21.0. The topological polar surface area (TPSA) is 96.7 Å². The minimum Gasteiger partial charge on any atom is -0.378 e. The first kappa shape index (κ1) is 21.3. The predicted molar refractivity (Wildman–Crippen MR) is 116 cm³/mol. The highest BCUT2D eigenvalue weighted by Crippen LogP contribution is 2.30. The standard InChI is InChI=1S/C18H16Cl2N4O4S/c19-12-2-3-14(13(20)10-12)21-18(29)22-17(25)11-1-4-15(16(9-11)24(26)27)23-5-7-28-8-6-23/h1-4,9-10H,5-8H2,(H2,21,22,25,29). The lowest BCUT2D eigenvalue weighted by Gasteiger charge is -2.28. The van der Waals surface area contributed by atoms with Crippen LogP contribution in [0.15, 0.2) is 36.4 Å². The molecule has 1 heterocycles. The van der Waals surface area contributed by atoms with E-state index < -0.39 is 10.8 Å². The lowest BCUT2D eigenvalue weighted by molar-refractivity contribution is -0.384. The molecular formula is C18H16Cl2N4O4S. The highest BCUT2D eigenvalue weighted by molar-refractivity contribution is 7.80. The number of ether oxygens (including phenoxy) is 1. The van der Waals surface area contributed by atoms with Crippen LogP contribution in [-0.4, -0.2) is 42.2 Å². The van der Waals surface area contributed by atoms with E-state index in [1.807, 2.05) is 4.90 Å². The van der Waals surface area contributed by atoms with E-state index in [1.165, 1.54) is 18.2 Å². The summed E-state index contributed by atoms with van der Waals surface area (Å²) in [5.41, 5.74) is 0.873. The Morgan fingerprint density at radius 1 is 1.17 bits per heavy atom. The monoisotopic (exact) mass is 454 g/mol. The molecule has 1 fully saturated rings. The molecule has 0 bridgehead atoms. The van der Waals surface area contributed by atoms with Gasteiger partial charge in [-0.2, -0.15) is 0 Å². The van der Waals surface area contributed by atoms with Crippen molar-refractivity contribution in [1.82, 2.24) is 5.32 Å². The van der Waals surface area contributed by atoms with E-state index in [9.17, 15) is 14.9 Å². The van der Waals surface area contributed by atoms with Crippen molar-refractivity contribution in [3.05, 3.63) is 62.1 Å². The Kier molecular flexibility index (Phi) is 6.86. The molecule has 0 saturated carbocycles. The first-order valence-corrected chi connectivity index (χ1v) is 9.70. The highest BCUT2D eigenvalue weighted by atomic mass is 35.5. The molecule has 1 aliphatic rings. The zero-order valence-electron chi connectivity index (χ0n) is 15.0. The summed E-state index contributed by atoms with van der Waals surface area (Å²) in [6.07, 6.45) is 0. The molecule has 0 atom stereocenters. The number of carbonyl (C=O) groups excluding carboxylic acids is 1. The fourth-order valence-electron chi connectivity index (χ4n) is 2.80. The van der Waals surface area contributed by atoms with Crippen LogP contribution in [0.4, 0.5) is 17.1 Å². The van der Waals surface area contributed by atoms with Gasteiger partial charge in [-0.05, 0) is 42.5 Å². The smallest absolute Gasteiger partial charge is 0.293 e. The molecule has 3 rings (SSSR count). The van der Waals surface area contributed by atoms with E-state index in [0.29, 0.717) is 47.7 Å². The minimum atomic E-state index is -0.579. The molecular weight excluding hydrogens is 439 g/mol. The Hall–Kier alpha value is -2.46. The number of nitro benzene ring substituents is 1. The molecule has 0 spiro atoms. The van der Waals surface area contributed by atoms with Crippen LogP contribution in [0, 0.1) is 10.1 Å². The van der Waals surface area contributed by atoms with Gasteiger partial charge in [0.1, 0.15) is 5.69 Å². The third-order valence-electron chi connectivity index (χ3n) is 4.19. The molecule has 2 N–H and O–H groups in total. The Balaban J connectivity index is 1.73. The Labute approximate surface area is 181 Å². The van der Waals surface area contributed by atoms with Gasteiger partial charge in [0.2, 0.25) is 0 Å². The maximum Gasteiger partial charge on any atom is 0.293 e. The van der Waals surface area contributed by atoms with Gasteiger partial charge >= 0.3 is 0 Å². The second-order valence-electron chi connectivity index (χ2n) is 6.09. The van der Waals surface area contributed by atoms with E-state index in [2.05, 4.69) is 10.6 Å². The van der Waals surface area contributed by atoms with Crippen LogP contribution in [-0.2, 0) is 4.74 Å². The maximum absolute atomic E-state index is 12.5. The summed E-state index contributed by atoms with van der Waals surface area (Å²) in [6.45, 7) is 2.07. The SMILES string of the molecule is O=C(NC(=S)Nc1ccc(Cl)cc1Cl)c1ccc(N2CCOCC2)c([N+](=O)[O-])c1. The molecule has 0 aliphatic carbocycles. The second-order valence-corrected chi connectivity index (χ2v) is 7.34. The van der Waals surface area contributed by atoms with Crippen LogP contribution in [0.5, 0.6) is 0 Å². The van der Waals surface area contributed by atoms with Gasteiger partial charge in [0.15, 0.2) is 5.11 Å². The first-order chi connectivity index (χ1) is 13.8. The molecule has 2 aromatic carbocycles. The summed E-state index contributed by atoms with van der Waals surface area (Å²) in [6, 6.07) is 9.08. The van der Waals surface area contributed by atoms with Crippen molar-refractivity contribution in [2.24, 2.45) is 0 Å². The van der Waals surface area contributed by atoms with Gasteiger partial charge in [-0.25, -0.2) is 0 Å². The summed E-state index contributed by atoms with van der Waals surface area (Å²) in [4.78, 5) is 25.4. The maximum atomic E-state index is 12.5. The van der Waals surface area contributed by atoms with E-state index in [0.717, 1.165) is 0 Å². The molecule has 11 heteroatoms. The van der Waals surface area contributed by atoms with Crippen LogP contribution in [0.2, 0.25) is 10.0 Å². The third-order valence-corrected chi connectivity index (χ3v) is 4.94. The molecule has 2 aromatic rings. The van der Waals surface area contributed by atoms with Crippen molar-refractivity contribution in [2.75, 3.05) is 36.5 Å². The molecule has 1 amide bonds. The molecule has 152 valence electrons. The fourth-order valence-corrected chi connectivity index (χ4v) is 3.46. The number of nitrogens with zero attached hydrogens (tertiary/aromatic N) is 2. The van der Waals surface area contributed by atoms with E-state index in [1.54, 1.807) is 18.2 Å². The van der Waals surface area contributed by atoms with Crippen LogP contribution in [0.1, 0.15) is 10.4 Å². The number of nitrogens with one attached hydrogen (secondary N) is 2. The molecule has 0 aromatic heterocycles. The Morgan fingerprint density at radius 2 is 1.90 bits per heavy atom. The second kappa shape index (κ2) is 9.36. The number of rotatable bonds is 4. The molecule has 1 saturated heterocycles. The molecule has 1 aliphatic heterocycles. The van der Waals surface area contributed by atoms with Gasteiger partial charge in [0, 0.05) is 29.7 Å². The number of benzene rings is 2. The summed E-state index contributed by atoms with van der Waals surface area (Å²) in [5, 5.41) is 17.6. The summed E-state index contributed by atoms with van der Waals surface area (Å²) in [7, 11) is 0. The molecule has 0 radical (unpaired) electrons. The van der Waals surface area contributed by atoms with Gasteiger partial charge in [-0.3, -0.25) is 20.2 Å². The van der Waals surface area contributed by atoms with E-state index >= 15 is 0 Å². The molecule has 8 nitrogen and oxygen atoms in total. The van der Waals surface area contributed by atoms with Gasteiger partial charge in [-0.15, -0.1) is 0 Å². The number of carbonyl (C=O) groups is 1. The molecule has 0 unspecified atom stereocenters. The van der Waals surface area contributed by atoms with E-state index in [-0.39, 0.29) is 16.4 Å². The van der Waals surface area contributed by atoms with Crippen molar-refractivity contribution < 1.29 is 14.5 Å². The van der Waals surface area contributed by atoms with Crippen molar-refractivity contribution in [1.29, 1.82) is 0 Å². The largest absolute Gasteiger partial charge is 0.378 e. The average molecular weight is 455 g/mol. The normalized spacial score (nSPS) is 13.7. The Morgan fingerprint density at radius 3 is 2.55 bits per heavy atom. The van der Waals surface area contributed by atoms with Crippen LogP contribution in [0.25, 0.3) is 0 Å². The van der Waals surface area contributed by atoms with Crippen LogP contribution in [0.3, 0.4) is 0 Å². The van der Waals surface area contributed by atoms with Crippen molar-refractivity contribution in [2.45, 2.75) is 0 Å². The summed E-state index contributed by atoms with van der Waals surface area (Å²) in [5.74, 6) is -0.579. The first-order valence-electron chi connectivity index (χ1n) is 8.53. The quantitative estimate of drug-likeness (QED) is 0.411. The number of halogens is 2. The van der Waals surface area contributed by atoms with Gasteiger partial charge in [-0.1, -0.05) is 23.2 Å². The van der Waals surface area contributed by atoms with E-state index in [4.69, 9.17) is 40.2 Å². The number of thiocarbonyl (C=S) groups is 1. The van der Waals surface area contributed by atoms with Crippen molar-refractivity contribution >= 4 is 63.5 Å². The number of hydrogen-bond acceptors (Lipinski definition) is 6. The highest BCUT2D eigenvalue weighted by Gasteiger charge is 2.23. The minimum absolute atomic E-state index is 0.000804. The lowest BCUT2D eigenvalue weighted by atomic mass is 10.1. The number of hydrogen-bond donors (Lipinski definition) is 2. The summed E-state index contributed by atoms with van der Waals surface area (Å²) >= 11 is 17.0. The number of amides is 1. The van der Waals surface area contributed by atoms with Crippen LogP contribution >= 0.6 is 35.4 Å². The summed E-state index contributed by atoms with van der Waals surface area (Å²) < 4.78 is 5.28. The van der Waals surface area contributed by atoms with Gasteiger partial charge < -0.3 is 15.0 Å². The predicted octanol–water partition coefficient (Wildman–Crippen LogP) is 3.87. The average Bonchev–Trinajstić information content (AvgIpc) is 2.70. The fraction of sp³-hybridized carbons (Fsp3) is 0.222.